The van der Waals surface area contributed by atoms with E-state index in [9.17, 15) is 0 Å². The monoisotopic (exact) mass is 274 g/mol. The van der Waals surface area contributed by atoms with Gasteiger partial charge in [-0.1, -0.05) is 47.6 Å². The first-order valence-electron chi connectivity index (χ1n) is 7.42. The van der Waals surface area contributed by atoms with Gasteiger partial charge in [-0.15, -0.1) is 0 Å². The van der Waals surface area contributed by atoms with Crippen LogP contribution in [0, 0.1) is 0 Å². The van der Waals surface area contributed by atoms with Gasteiger partial charge in [-0.25, -0.2) is 0 Å². The molecule has 2 rings (SSSR count). The number of anilines is 1. The van der Waals surface area contributed by atoms with Crippen molar-refractivity contribution in [2.24, 2.45) is 0 Å². The fraction of sp³-hybridized carbons (Fsp3) is 0.588. The van der Waals surface area contributed by atoms with E-state index < -0.39 is 0 Å². The molecule has 0 aliphatic rings. The summed E-state index contributed by atoms with van der Waals surface area (Å²) >= 11 is 0. The first-order valence-corrected chi connectivity index (χ1v) is 7.42. The van der Waals surface area contributed by atoms with Gasteiger partial charge in [0.05, 0.1) is 0 Å². The van der Waals surface area contributed by atoms with Crippen LogP contribution < -0.4 is 5.73 Å². The minimum atomic E-state index is 0.0457. The molecule has 2 aromatic rings. The summed E-state index contributed by atoms with van der Waals surface area (Å²) in [6.45, 7) is 13.4. The van der Waals surface area contributed by atoms with E-state index in [0.29, 0.717) is 0 Å². The maximum atomic E-state index is 5.76. The maximum absolute atomic E-state index is 5.76. The molecule has 0 atom stereocenters. The van der Waals surface area contributed by atoms with E-state index in [1.54, 1.807) is 0 Å². The predicted molar refractivity (Wildman–Crippen MR) is 85.1 cm³/mol. The highest BCUT2D eigenvalue weighted by Crippen LogP contribution is 2.38. The molecule has 0 spiro atoms. The third kappa shape index (κ3) is 2.41. The first kappa shape index (κ1) is 14.9. The number of rotatable bonds is 4. The summed E-state index contributed by atoms with van der Waals surface area (Å²) in [6.07, 6.45) is 2.12. The zero-order chi connectivity index (χ0) is 15.1. The number of hydrogen-bond acceptors (Lipinski definition) is 3. The first-order chi connectivity index (χ1) is 9.21. The van der Waals surface area contributed by atoms with Crippen LogP contribution in [0.4, 0.5) is 6.01 Å². The standard InChI is InChI=1S/C17H26N2O/c1-7-16(3,4)11-9-12(17(5,6)8-2)14-13(10-11)19-15(18)20-14/h9-10H,7-8H2,1-6H3,(H2,18,19). The Bertz CT molecular complexity index is 623. The Balaban J connectivity index is 2.77. The van der Waals surface area contributed by atoms with Gasteiger partial charge >= 0.3 is 0 Å². The van der Waals surface area contributed by atoms with Crippen molar-refractivity contribution in [3.8, 4) is 0 Å². The van der Waals surface area contributed by atoms with Gasteiger partial charge in [-0.3, -0.25) is 0 Å². The number of hydrogen-bond donors (Lipinski definition) is 1. The molecule has 3 heteroatoms. The molecule has 0 amide bonds. The van der Waals surface area contributed by atoms with E-state index in [1.807, 2.05) is 0 Å². The number of oxazole rings is 1. The van der Waals surface area contributed by atoms with Gasteiger partial charge in [0, 0.05) is 5.56 Å². The molecular weight excluding hydrogens is 248 g/mol. The second-order valence-corrected chi connectivity index (χ2v) is 6.90. The highest BCUT2D eigenvalue weighted by atomic mass is 16.4. The summed E-state index contributed by atoms with van der Waals surface area (Å²) < 4.78 is 5.66. The molecule has 0 aliphatic heterocycles. The Hall–Kier alpha value is -1.51. The molecule has 0 unspecified atom stereocenters. The topological polar surface area (TPSA) is 52.0 Å². The lowest BCUT2D eigenvalue weighted by molar-refractivity contribution is 0.485. The Labute approximate surface area is 121 Å². The summed E-state index contributed by atoms with van der Waals surface area (Å²) in [7, 11) is 0. The highest BCUT2D eigenvalue weighted by Gasteiger charge is 2.27. The maximum Gasteiger partial charge on any atom is 0.292 e. The summed E-state index contributed by atoms with van der Waals surface area (Å²) in [4.78, 5) is 4.34. The molecule has 1 aromatic carbocycles. The number of nitrogen functional groups attached to an aromatic ring is 1. The van der Waals surface area contributed by atoms with Gasteiger partial charge in [-0.05, 0) is 35.3 Å². The molecule has 110 valence electrons. The van der Waals surface area contributed by atoms with Crippen molar-refractivity contribution >= 4 is 17.1 Å². The lowest BCUT2D eigenvalue weighted by Gasteiger charge is -2.28. The second-order valence-electron chi connectivity index (χ2n) is 6.90. The fourth-order valence-electron chi connectivity index (χ4n) is 2.34. The molecule has 0 aliphatic carbocycles. The fourth-order valence-corrected chi connectivity index (χ4v) is 2.34. The Kier molecular flexibility index (Phi) is 3.57. The molecule has 0 fully saturated rings. The molecule has 0 bridgehead atoms. The predicted octanol–water partition coefficient (Wildman–Crippen LogP) is 4.79. The van der Waals surface area contributed by atoms with Crippen LogP contribution in [0.3, 0.4) is 0 Å². The number of nitrogens with zero attached hydrogens (tertiary/aromatic N) is 1. The van der Waals surface area contributed by atoms with Crippen LogP contribution in [0.2, 0.25) is 0 Å². The largest absolute Gasteiger partial charge is 0.423 e. The highest BCUT2D eigenvalue weighted by molar-refractivity contribution is 5.80. The average Bonchev–Trinajstić information content (AvgIpc) is 2.77. The zero-order valence-electron chi connectivity index (χ0n) is 13.5. The summed E-state index contributed by atoms with van der Waals surface area (Å²) in [5, 5.41) is 0. The number of aromatic nitrogens is 1. The molecule has 2 N–H and O–H groups in total. The Morgan fingerprint density at radius 3 is 2.20 bits per heavy atom. The van der Waals surface area contributed by atoms with Crippen molar-refractivity contribution < 1.29 is 4.42 Å². The van der Waals surface area contributed by atoms with Crippen molar-refractivity contribution in [3.63, 3.8) is 0 Å². The van der Waals surface area contributed by atoms with Crippen LogP contribution in [0.1, 0.15) is 65.5 Å². The van der Waals surface area contributed by atoms with E-state index in [2.05, 4.69) is 58.7 Å². The molecule has 1 aromatic heterocycles. The lowest BCUT2D eigenvalue weighted by atomic mass is 9.76. The van der Waals surface area contributed by atoms with Crippen molar-refractivity contribution in [1.29, 1.82) is 0 Å². The minimum absolute atomic E-state index is 0.0457. The number of nitrogens with two attached hydrogens (primary N) is 1. The summed E-state index contributed by atoms with van der Waals surface area (Å²) in [6, 6.07) is 4.65. The second kappa shape index (κ2) is 4.80. The van der Waals surface area contributed by atoms with Crippen molar-refractivity contribution in [2.45, 2.75) is 65.2 Å². The van der Waals surface area contributed by atoms with Crippen LogP contribution in [0.25, 0.3) is 11.1 Å². The van der Waals surface area contributed by atoms with Gasteiger partial charge in [0.25, 0.3) is 6.01 Å². The summed E-state index contributed by atoms with van der Waals surface area (Å²) in [5.41, 5.74) is 10.2. The van der Waals surface area contributed by atoms with Gasteiger partial charge < -0.3 is 10.2 Å². The normalized spacial score (nSPS) is 13.1. The van der Waals surface area contributed by atoms with Crippen LogP contribution in [-0.4, -0.2) is 4.98 Å². The van der Waals surface area contributed by atoms with Crippen LogP contribution >= 0.6 is 0 Å². The quantitative estimate of drug-likeness (QED) is 0.872. The van der Waals surface area contributed by atoms with Gasteiger partial charge in [0.2, 0.25) is 0 Å². The van der Waals surface area contributed by atoms with Crippen molar-refractivity contribution in [2.75, 3.05) is 5.73 Å². The van der Waals surface area contributed by atoms with E-state index in [4.69, 9.17) is 10.2 Å². The third-order valence-corrected chi connectivity index (χ3v) is 4.78. The third-order valence-electron chi connectivity index (χ3n) is 4.78. The smallest absolute Gasteiger partial charge is 0.292 e. The van der Waals surface area contributed by atoms with E-state index >= 15 is 0 Å². The average molecular weight is 274 g/mol. The van der Waals surface area contributed by atoms with Gasteiger partial charge in [0.1, 0.15) is 5.52 Å². The molecule has 1 heterocycles. The van der Waals surface area contributed by atoms with Gasteiger partial charge in [-0.2, -0.15) is 4.98 Å². The lowest BCUT2D eigenvalue weighted by Crippen LogP contribution is -2.20. The van der Waals surface area contributed by atoms with Gasteiger partial charge in [0.15, 0.2) is 5.58 Å². The van der Waals surface area contributed by atoms with Crippen LogP contribution in [0.15, 0.2) is 16.5 Å². The number of benzene rings is 1. The molecule has 0 radical (unpaired) electrons. The number of fused-ring (bicyclic) bond motifs is 1. The molecule has 20 heavy (non-hydrogen) atoms. The molecular formula is C17H26N2O. The SMILES string of the molecule is CCC(C)(C)c1cc(C(C)(C)CC)c2oc(N)nc2c1. The van der Waals surface area contributed by atoms with Crippen LogP contribution in [-0.2, 0) is 10.8 Å². The van der Waals surface area contributed by atoms with E-state index in [1.165, 1.54) is 11.1 Å². The van der Waals surface area contributed by atoms with Crippen LogP contribution in [0.5, 0.6) is 0 Å². The zero-order valence-corrected chi connectivity index (χ0v) is 13.5. The molecule has 0 saturated carbocycles. The van der Waals surface area contributed by atoms with E-state index in [-0.39, 0.29) is 16.8 Å². The molecule has 0 saturated heterocycles. The molecule has 3 nitrogen and oxygen atoms in total. The Morgan fingerprint density at radius 1 is 1.05 bits per heavy atom. The van der Waals surface area contributed by atoms with Crippen molar-refractivity contribution in [3.05, 3.63) is 23.3 Å². The Morgan fingerprint density at radius 2 is 1.65 bits per heavy atom. The summed E-state index contributed by atoms with van der Waals surface area (Å²) in [5.74, 6) is 0. The minimum Gasteiger partial charge on any atom is -0.423 e. The van der Waals surface area contributed by atoms with E-state index in [0.717, 1.165) is 23.9 Å². The van der Waals surface area contributed by atoms with Crippen molar-refractivity contribution in [1.82, 2.24) is 4.98 Å².